The van der Waals surface area contributed by atoms with Crippen molar-refractivity contribution in [2.45, 2.75) is 43.2 Å². The number of morpholine rings is 1. The van der Waals surface area contributed by atoms with Crippen molar-refractivity contribution in [3.8, 4) is 0 Å². The number of sulfonamides is 1. The third kappa shape index (κ3) is 8.46. The number of ether oxygens (including phenoxy) is 1. The first-order valence-electron chi connectivity index (χ1n) is 13.7. The smallest absolute Gasteiger partial charge is 0.326 e. The number of benzene rings is 2. The Morgan fingerprint density at radius 2 is 1.76 bits per heavy atom. The van der Waals surface area contributed by atoms with Crippen LogP contribution >= 0.6 is 12.2 Å². The number of thiocarbonyl (C=S) groups is 1. The van der Waals surface area contributed by atoms with Crippen LogP contribution in [0.1, 0.15) is 24.0 Å². The maximum absolute atomic E-state index is 13.2. The molecule has 1 amide bonds. The second-order valence-electron chi connectivity index (χ2n) is 10.2. The molecule has 2 aliphatic heterocycles. The summed E-state index contributed by atoms with van der Waals surface area (Å²) in [5, 5.41) is 19.2. The minimum atomic E-state index is -3.90. The van der Waals surface area contributed by atoms with Gasteiger partial charge in [-0.3, -0.25) is 9.69 Å². The SMILES string of the molecule is Cc1ccc(S(=O)(=O)N2CCC[C@H]2C(=O)N[C@@H](Cc2ccc(NC(=S)NCCN3CCOCC3)cc2)C(=O)O)cc1. The van der Waals surface area contributed by atoms with Crippen molar-refractivity contribution in [1.29, 1.82) is 0 Å². The minimum absolute atomic E-state index is 0.0427. The molecule has 2 aliphatic rings. The molecule has 41 heavy (non-hydrogen) atoms. The lowest BCUT2D eigenvalue weighted by molar-refractivity contribution is -0.142. The number of aliphatic carboxylic acids is 1. The van der Waals surface area contributed by atoms with Crippen LogP contribution in [0.4, 0.5) is 5.69 Å². The maximum atomic E-state index is 13.2. The Kier molecular flexibility index (Phi) is 10.7. The highest BCUT2D eigenvalue weighted by Crippen LogP contribution is 2.26. The highest BCUT2D eigenvalue weighted by Gasteiger charge is 2.40. The predicted molar refractivity (Wildman–Crippen MR) is 159 cm³/mol. The van der Waals surface area contributed by atoms with Gasteiger partial charge in [0, 0.05) is 44.8 Å². The van der Waals surface area contributed by atoms with Crippen molar-refractivity contribution >= 4 is 44.9 Å². The van der Waals surface area contributed by atoms with Crippen LogP contribution in [0, 0.1) is 6.92 Å². The number of carboxylic acid groups (broad SMARTS) is 1. The number of anilines is 1. The molecule has 0 bridgehead atoms. The van der Waals surface area contributed by atoms with Gasteiger partial charge in [0.1, 0.15) is 12.1 Å². The number of nitrogens with zero attached hydrogens (tertiary/aromatic N) is 2. The van der Waals surface area contributed by atoms with Crippen LogP contribution in [-0.4, -0.2) is 97.7 Å². The Hall–Kier alpha value is -3.10. The van der Waals surface area contributed by atoms with Crippen LogP contribution in [0.3, 0.4) is 0 Å². The van der Waals surface area contributed by atoms with Crippen molar-refractivity contribution in [3.05, 3.63) is 59.7 Å². The molecule has 2 fully saturated rings. The largest absolute Gasteiger partial charge is 0.480 e. The summed E-state index contributed by atoms with van der Waals surface area (Å²) in [5.74, 6) is -1.81. The number of amides is 1. The molecule has 2 saturated heterocycles. The first kappa shape index (κ1) is 30.8. The van der Waals surface area contributed by atoms with Gasteiger partial charge in [-0.2, -0.15) is 4.31 Å². The Morgan fingerprint density at radius 3 is 2.41 bits per heavy atom. The normalized spacial score (nSPS) is 18.9. The second kappa shape index (κ2) is 14.2. The summed E-state index contributed by atoms with van der Waals surface area (Å²) in [7, 11) is -3.90. The summed E-state index contributed by atoms with van der Waals surface area (Å²) < 4.78 is 33.0. The van der Waals surface area contributed by atoms with Crippen molar-refractivity contribution < 1.29 is 27.9 Å². The highest BCUT2D eigenvalue weighted by atomic mass is 32.2. The topological polar surface area (TPSA) is 140 Å². The van der Waals surface area contributed by atoms with E-state index in [1.54, 1.807) is 36.4 Å². The predicted octanol–water partition coefficient (Wildman–Crippen LogP) is 1.58. The van der Waals surface area contributed by atoms with Gasteiger partial charge in [0.15, 0.2) is 5.11 Å². The average molecular weight is 604 g/mol. The molecule has 2 atom stereocenters. The summed E-state index contributed by atoms with van der Waals surface area (Å²) >= 11 is 5.37. The number of nitrogens with one attached hydrogen (secondary N) is 3. The molecule has 2 aromatic rings. The fourth-order valence-electron chi connectivity index (χ4n) is 4.89. The van der Waals surface area contributed by atoms with Crippen LogP contribution in [0.5, 0.6) is 0 Å². The van der Waals surface area contributed by atoms with Gasteiger partial charge in [0.25, 0.3) is 0 Å². The molecule has 0 saturated carbocycles. The van der Waals surface area contributed by atoms with Crippen LogP contribution in [-0.2, 0) is 30.8 Å². The number of hydrogen-bond acceptors (Lipinski definition) is 7. The molecular formula is C28H37N5O6S2. The van der Waals surface area contributed by atoms with E-state index in [1.165, 1.54) is 16.4 Å². The number of aryl methyl sites for hydroxylation is 1. The zero-order valence-corrected chi connectivity index (χ0v) is 24.7. The molecule has 222 valence electrons. The third-order valence-corrected chi connectivity index (χ3v) is 9.39. The van der Waals surface area contributed by atoms with E-state index in [1.807, 2.05) is 6.92 Å². The van der Waals surface area contributed by atoms with Crippen LogP contribution in [0.2, 0.25) is 0 Å². The molecule has 0 unspecified atom stereocenters. The molecule has 0 radical (unpaired) electrons. The molecule has 4 N–H and O–H groups in total. The van der Waals surface area contributed by atoms with Gasteiger partial charge >= 0.3 is 5.97 Å². The lowest BCUT2D eigenvalue weighted by Gasteiger charge is -2.26. The fraction of sp³-hybridized carbons (Fsp3) is 0.464. The molecule has 0 aliphatic carbocycles. The van der Waals surface area contributed by atoms with Crippen LogP contribution < -0.4 is 16.0 Å². The average Bonchev–Trinajstić information content (AvgIpc) is 3.46. The Labute approximate surface area is 246 Å². The van der Waals surface area contributed by atoms with E-state index < -0.39 is 34.0 Å². The zero-order valence-electron chi connectivity index (χ0n) is 23.0. The summed E-state index contributed by atoms with van der Waals surface area (Å²) in [6, 6.07) is 11.4. The quantitative estimate of drug-likeness (QED) is 0.280. The van der Waals surface area contributed by atoms with Gasteiger partial charge in [-0.05, 0) is 61.8 Å². The number of carbonyl (C=O) groups is 2. The van der Waals surface area contributed by atoms with Crippen LogP contribution in [0.25, 0.3) is 0 Å². The summed E-state index contributed by atoms with van der Waals surface area (Å²) in [6.07, 6.45) is 0.879. The van der Waals surface area contributed by atoms with E-state index in [9.17, 15) is 23.1 Å². The lowest BCUT2D eigenvalue weighted by atomic mass is 10.0. The Bertz CT molecular complexity index is 1310. The molecule has 4 rings (SSSR count). The second-order valence-corrected chi connectivity index (χ2v) is 12.5. The number of carbonyl (C=O) groups excluding carboxylic acids is 1. The van der Waals surface area contributed by atoms with Crippen molar-refractivity contribution in [3.63, 3.8) is 0 Å². The molecule has 2 heterocycles. The third-order valence-electron chi connectivity index (χ3n) is 7.22. The van der Waals surface area contributed by atoms with Gasteiger partial charge in [0.2, 0.25) is 15.9 Å². The number of hydrogen-bond donors (Lipinski definition) is 4. The summed E-state index contributed by atoms with van der Waals surface area (Å²) in [6.45, 7) is 6.94. The maximum Gasteiger partial charge on any atom is 0.326 e. The molecular weight excluding hydrogens is 566 g/mol. The van der Waals surface area contributed by atoms with E-state index in [2.05, 4.69) is 20.9 Å². The molecule has 0 aromatic heterocycles. The van der Waals surface area contributed by atoms with Crippen molar-refractivity contribution in [2.75, 3.05) is 51.3 Å². The van der Waals surface area contributed by atoms with Gasteiger partial charge in [-0.25, -0.2) is 13.2 Å². The van der Waals surface area contributed by atoms with Crippen molar-refractivity contribution in [2.24, 2.45) is 0 Å². The number of rotatable bonds is 11. The lowest BCUT2D eigenvalue weighted by Crippen LogP contribution is -2.51. The Balaban J connectivity index is 1.30. The van der Waals surface area contributed by atoms with E-state index in [0.717, 1.165) is 44.1 Å². The molecule has 0 spiro atoms. The summed E-state index contributed by atoms with van der Waals surface area (Å²) in [5.41, 5.74) is 2.37. The van der Waals surface area contributed by atoms with E-state index in [-0.39, 0.29) is 17.9 Å². The van der Waals surface area contributed by atoms with E-state index in [4.69, 9.17) is 17.0 Å². The minimum Gasteiger partial charge on any atom is -0.480 e. The monoisotopic (exact) mass is 603 g/mol. The van der Waals surface area contributed by atoms with Gasteiger partial charge in [-0.1, -0.05) is 29.8 Å². The van der Waals surface area contributed by atoms with E-state index >= 15 is 0 Å². The van der Waals surface area contributed by atoms with Crippen molar-refractivity contribution in [1.82, 2.24) is 19.8 Å². The van der Waals surface area contributed by atoms with Crippen LogP contribution in [0.15, 0.2) is 53.4 Å². The fourth-order valence-corrected chi connectivity index (χ4v) is 6.77. The standard InChI is InChI=1S/C28H37N5O6S2/c1-20-4-10-23(11-5-20)41(37,38)33-13-2-3-25(33)26(34)31-24(27(35)36)19-21-6-8-22(9-7-21)30-28(40)29-12-14-32-15-17-39-18-16-32/h4-11,24-25H,2-3,12-19H2,1H3,(H,31,34)(H,35,36)(H2,29,30,40)/t24-,25-/m0/s1. The summed E-state index contributed by atoms with van der Waals surface area (Å²) in [4.78, 5) is 27.6. The highest BCUT2D eigenvalue weighted by molar-refractivity contribution is 7.89. The molecule has 11 nitrogen and oxygen atoms in total. The zero-order chi connectivity index (χ0) is 29.4. The van der Waals surface area contributed by atoms with Gasteiger partial charge < -0.3 is 25.8 Å². The molecule has 2 aromatic carbocycles. The molecule has 13 heteroatoms. The Morgan fingerprint density at radius 1 is 1.07 bits per heavy atom. The van der Waals surface area contributed by atoms with Gasteiger partial charge in [0.05, 0.1) is 18.1 Å². The number of carboxylic acids is 1. The van der Waals surface area contributed by atoms with Gasteiger partial charge in [-0.15, -0.1) is 0 Å². The first-order valence-corrected chi connectivity index (χ1v) is 15.5. The van der Waals surface area contributed by atoms with E-state index in [0.29, 0.717) is 30.1 Å². The first-order chi connectivity index (χ1) is 19.6.